The van der Waals surface area contributed by atoms with Gasteiger partial charge in [-0.2, -0.15) is 0 Å². The minimum atomic E-state index is -0.143. The molecule has 0 saturated heterocycles. The second kappa shape index (κ2) is 6.71. The molecule has 0 radical (unpaired) electrons. The van der Waals surface area contributed by atoms with E-state index in [1.165, 1.54) is 10.9 Å². The number of hydrogen-bond acceptors (Lipinski definition) is 3. The van der Waals surface area contributed by atoms with Crippen molar-refractivity contribution in [3.05, 3.63) is 53.9 Å². The van der Waals surface area contributed by atoms with Crippen molar-refractivity contribution < 1.29 is 9.53 Å². The monoisotopic (exact) mass is 350 g/mol. The van der Waals surface area contributed by atoms with Crippen molar-refractivity contribution in [2.24, 2.45) is 0 Å². The molecule has 26 heavy (non-hydrogen) atoms. The van der Waals surface area contributed by atoms with Crippen LogP contribution in [0, 0.1) is 0 Å². The quantitative estimate of drug-likeness (QED) is 0.747. The average Bonchev–Trinajstić information content (AvgIpc) is 3.03. The summed E-state index contributed by atoms with van der Waals surface area (Å²) < 4.78 is 5.50. The fourth-order valence-corrected chi connectivity index (χ4v) is 3.63. The second-order valence-corrected chi connectivity index (χ2v) is 6.40. The fourth-order valence-electron chi connectivity index (χ4n) is 3.63. The van der Waals surface area contributed by atoms with Gasteiger partial charge in [-0.05, 0) is 44.0 Å². The first-order valence-corrected chi connectivity index (χ1v) is 8.94. The molecule has 0 bridgehead atoms. The van der Waals surface area contributed by atoms with E-state index in [9.17, 15) is 4.79 Å². The Morgan fingerprint density at radius 1 is 1.35 bits per heavy atom. The minimum Gasteiger partial charge on any atom is -0.476 e. The second-order valence-electron chi connectivity index (χ2n) is 6.40. The molecule has 0 unspecified atom stereocenters. The van der Waals surface area contributed by atoms with Gasteiger partial charge in [0.2, 0.25) is 5.88 Å². The number of fused-ring (bicyclic) bond motifs is 3. The van der Waals surface area contributed by atoms with Gasteiger partial charge < -0.3 is 19.9 Å². The van der Waals surface area contributed by atoms with Crippen LogP contribution in [0.5, 0.6) is 5.88 Å². The Hall–Kier alpha value is -3.02. The van der Waals surface area contributed by atoms with Crippen LogP contribution in [-0.2, 0) is 6.42 Å². The van der Waals surface area contributed by atoms with Gasteiger partial charge in [-0.25, -0.2) is 9.78 Å². The first kappa shape index (κ1) is 16.4. The minimum absolute atomic E-state index is 0.0293. The van der Waals surface area contributed by atoms with E-state index < -0.39 is 0 Å². The van der Waals surface area contributed by atoms with Crippen molar-refractivity contribution in [3.8, 4) is 5.88 Å². The lowest BCUT2D eigenvalue weighted by Gasteiger charge is -2.33. The number of H-pyrrole nitrogens is 1. The van der Waals surface area contributed by atoms with Crippen molar-refractivity contribution in [1.29, 1.82) is 0 Å². The van der Waals surface area contributed by atoms with Gasteiger partial charge in [0.1, 0.15) is 5.69 Å². The molecule has 1 aliphatic rings. The average molecular weight is 350 g/mol. The number of amides is 2. The molecule has 0 saturated carbocycles. The predicted octanol–water partition coefficient (Wildman–Crippen LogP) is 4.11. The molecule has 3 aromatic rings. The van der Waals surface area contributed by atoms with Crippen LogP contribution in [0.25, 0.3) is 10.9 Å². The van der Waals surface area contributed by atoms with E-state index in [-0.39, 0.29) is 12.1 Å². The Bertz CT molecular complexity index is 950. The normalized spacial score (nSPS) is 16.4. The highest BCUT2D eigenvalue weighted by Gasteiger charge is 2.30. The van der Waals surface area contributed by atoms with E-state index in [1.807, 2.05) is 17.9 Å². The van der Waals surface area contributed by atoms with Gasteiger partial charge in [0.15, 0.2) is 0 Å². The molecule has 6 heteroatoms. The number of carbonyl (C=O) groups is 1. The molecule has 134 valence electrons. The van der Waals surface area contributed by atoms with Crippen molar-refractivity contribution >= 4 is 22.6 Å². The molecule has 1 aliphatic heterocycles. The third-order valence-electron chi connectivity index (χ3n) is 4.89. The molecule has 0 fully saturated rings. The summed E-state index contributed by atoms with van der Waals surface area (Å²) in [6.45, 7) is 5.12. The number of para-hydroxylation sites is 1. The van der Waals surface area contributed by atoms with Crippen LogP contribution >= 0.6 is 0 Å². The number of aromatic amines is 1. The van der Waals surface area contributed by atoms with E-state index in [0.29, 0.717) is 24.7 Å². The largest absolute Gasteiger partial charge is 0.476 e. The lowest BCUT2D eigenvalue weighted by Crippen LogP contribution is -2.41. The van der Waals surface area contributed by atoms with E-state index in [4.69, 9.17) is 4.74 Å². The molecule has 1 atom stereocenters. The van der Waals surface area contributed by atoms with Crippen LogP contribution in [0.3, 0.4) is 0 Å². The van der Waals surface area contributed by atoms with E-state index in [0.717, 1.165) is 17.6 Å². The number of carbonyl (C=O) groups excluding carboxylic acids is 1. The Labute approximate surface area is 152 Å². The zero-order chi connectivity index (χ0) is 18.1. The van der Waals surface area contributed by atoms with Crippen LogP contribution in [0.1, 0.15) is 31.1 Å². The smallest absolute Gasteiger partial charge is 0.322 e. The van der Waals surface area contributed by atoms with Crippen molar-refractivity contribution in [2.45, 2.75) is 26.3 Å². The van der Waals surface area contributed by atoms with Gasteiger partial charge in [0.25, 0.3) is 0 Å². The molecular weight excluding hydrogens is 328 g/mol. The zero-order valence-corrected chi connectivity index (χ0v) is 15.0. The van der Waals surface area contributed by atoms with Crippen molar-refractivity contribution in [2.75, 3.05) is 18.5 Å². The standard InChI is InChI=1S/C20H22N4O2/c1-3-26-19-17(9-6-11-21-19)23-20(25)24-12-10-15-14-7-4-5-8-16(14)22-18(15)13(24)2/h4-9,11,13,22H,3,10,12H2,1-2H3,(H,23,25)/t13-/m0/s1. The molecule has 4 rings (SSSR count). The van der Waals surface area contributed by atoms with Crippen LogP contribution in [0.15, 0.2) is 42.6 Å². The van der Waals surface area contributed by atoms with Crippen LogP contribution < -0.4 is 10.1 Å². The first-order valence-electron chi connectivity index (χ1n) is 8.94. The number of pyridine rings is 1. The number of rotatable bonds is 3. The number of anilines is 1. The summed E-state index contributed by atoms with van der Waals surface area (Å²) in [5.41, 5.74) is 4.14. The zero-order valence-electron chi connectivity index (χ0n) is 15.0. The number of urea groups is 1. The van der Waals surface area contributed by atoms with E-state index in [2.05, 4.69) is 40.4 Å². The molecule has 2 aromatic heterocycles. The molecule has 2 amide bonds. The SMILES string of the molecule is CCOc1ncccc1NC(=O)N1CCc2c([nH]c3ccccc23)[C@@H]1C. The van der Waals surface area contributed by atoms with Gasteiger partial charge in [-0.1, -0.05) is 18.2 Å². The first-order chi connectivity index (χ1) is 12.7. The fraction of sp³-hybridized carbons (Fsp3) is 0.300. The summed E-state index contributed by atoms with van der Waals surface area (Å²) in [6.07, 6.45) is 2.49. The number of hydrogen-bond donors (Lipinski definition) is 2. The van der Waals surface area contributed by atoms with Gasteiger partial charge in [0.05, 0.1) is 12.6 Å². The molecule has 0 spiro atoms. The summed E-state index contributed by atoms with van der Waals surface area (Å²) in [5.74, 6) is 0.444. The topological polar surface area (TPSA) is 70.2 Å². The summed E-state index contributed by atoms with van der Waals surface area (Å²) in [6, 6.07) is 11.7. The lowest BCUT2D eigenvalue weighted by atomic mass is 9.98. The number of benzene rings is 1. The van der Waals surface area contributed by atoms with Crippen LogP contribution in [-0.4, -0.2) is 34.1 Å². The highest BCUT2D eigenvalue weighted by atomic mass is 16.5. The number of ether oxygens (including phenoxy) is 1. The number of nitrogens with zero attached hydrogens (tertiary/aromatic N) is 2. The van der Waals surface area contributed by atoms with Gasteiger partial charge in [-0.3, -0.25) is 0 Å². The molecule has 6 nitrogen and oxygen atoms in total. The Morgan fingerprint density at radius 2 is 2.19 bits per heavy atom. The molecule has 1 aromatic carbocycles. The van der Waals surface area contributed by atoms with Crippen LogP contribution in [0.4, 0.5) is 10.5 Å². The van der Waals surface area contributed by atoms with Gasteiger partial charge >= 0.3 is 6.03 Å². The van der Waals surface area contributed by atoms with Crippen molar-refractivity contribution in [3.63, 3.8) is 0 Å². The third-order valence-corrected chi connectivity index (χ3v) is 4.89. The molecule has 2 N–H and O–H groups in total. The predicted molar refractivity (Wildman–Crippen MR) is 102 cm³/mol. The van der Waals surface area contributed by atoms with Crippen molar-refractivity contribution in [1.82, 2.24) is 14.9 Å². The summed E-state index contributed by atoms with van der Waals surface area (Å²) in [7, 11) is 0. The number of nitrogens with one attached hydrogen (secondary N) is 2. The Kier molecular flexibility index (Phi) is 4.24. The molecular formula is C20H22N4O2. The highest BCUT2D eigenvalue weighted by molar-refractivity contribution is 5.92. The lowest BCUT2D eigenvalue weighted by molar-refractivity contribution is 0.187. The number of aromatic nitrogens is 2. The summed E-state index contributed by atoms with van der Waals surface area (Å²) >= 11 is 0. The van der Waals surface area contributed by atoms with Gasteiger partial charge in [-0.15, -0.1) is 0 Å². The highest BCUT2D eigenvalue weighted by Crippen LogP contribution is 2.34. The summed E-state index contributed by atoms with van der Waals surface area (Å²) in [5, 5.41) is 4.20. The Morgan fingerprint density at radius 3 is 3.04 bits per heavy atom. The third kappa shape index (κ3) is 2.77. The maximum absolute atomic E-state index is 12.9. The maximum atomic E-state index is 12.9. The van der Waals surface area contributed by atoms with Crippen LogP contribution in [0.2, 0.25) is 0 Å². The Balaban J connectivity index is 1.58. The molecule has 0 aliphatic carbocycles. The maximum Gasteiger partial charge on any atom is 0.322 e. The van der Waals surface area contributed by atoms with E-state index >= 15 is 0 Å². The summed E-state index contributed by atoms with van der Waals surface area (Å²) in [4.78, 5) is 22.4. The molecule has 3 heterocycles. The van der Waals surface area contributed by atoms with E-state index in [1.54, 1.807) is 18.3 Å². The van der Waals surface area contributed by atoms with Gasteiger partial charge in [0, 0.05) is 29.3 Å².